The van der Waals surface area contributed by atoms with Gasteiger partial charge in [-0.25, -0.2) is 0 Å². The molecule has 0 rings (SSSR count). The predicted octanol–water partition coefficient (Wildman–Crippen LogP) is 4.06. The van der Waals surface area contributed by atoms with Gasteiger partial charge in [-0.2, -0.15) is 0 Å². The zero-order chi connectivity index (χ0) is 8.91. The van der Waals surface area contributed by atoms with Crippen LogP contribution in [0.4, 0.5) is 4.79 Å². The quantitative estimate of drug-likeness (QED) is 0.243. The van der Waals surface area contributed by atoms with Gasteiger partial charge in [-0.3, -0.25) is 4.79 Å². The average Bonchev–Trinajstić information content (AvgIpc) is 1.88. The lowest BCUT2D eigenvalue weighted by atomic mass is 11.8. The Labute approximate surface area is 108 Å². The van der Waals surface area contributed by atoms with Gasteiger partial charge in [-0.05, 0) is 42.0 Å². The molecule has 0 N–H and O–H groups in total. The van der Waals surface area contributed by atoms with Gasteiger partial charge in [-0.1, -0.05) is 11.7 Å². The second kappa shape index (κ2) is 7.26. The minimum Gasteiger partial charge on any atom is -0.274 e. The lowest BCUT2D eigenvalue weighted by molar-refractivity contribution is 0.278. The molecule has 0 amide bonds. The summed E-state index contributed by atoms with van der Waals surface area (Å²) in [6.45, 7) is 0. The molecule has 0 atom stereocenters. The van der Waals surface area contributed by atoms with E-state index in [9.17, 15) is 4.79 Å². The van der Waals surface area contributed by atoms with E-state index in [0.29, 0.717) is 0 Å². The summed E-state index contributed by atoms with van der Waals surface area (Å²) in [4.78, 5) is 10.8. The molecule has 0 aliphatic heterocycles. The number of hydrogen-bond acceptors (Lipinski definition) is 8. The molecule has 66 valence electrons. The highest BCUT2D eigenvalue weighted by Gasteiger charge is 2.11. The maximum Gasteiger partial charge on any atom is 0.266 e. The van der Waals surface area contributed by atoms with Gasteiger partial charge in [0, 0.05) is 48.4 Å². The number of carbonyl (C=O) groups is 1. The standard InChI is InChI=1S/CHIOS8/c2-1(3)11(5,6)10-9-8-7-4/h4H. The second-order valence-corrected chi connectivity index (χ2v) is 17.6. The van der Waals surface area contributed by atoms with Crippen LogP contribution in [-0.2, 0) is 28.6 Å². The summed E-state index contributed by atoms with van der Waals surface area (Å²) in [6, 6.07) is 0. The van der Waals surface area contributed by atoms with Crippen molar-refractivity contribution >= 4 is 105 Å². The van der Waals surface area contributed by atoms with Crippen molar-refractivity contribution in [2.24, 2.45) is 0 Å². The van der Waals surface area contributed by atoms with Gasteiger partial charge < -0.3 is 0 Å². The molecule has 0 radical (unpaired) electrons. The summed E-state index contributed by atoms with van der Waals surface area (Å²) in [7, 11) is 5.45. The molecule has 0 bridgehead atoms. The Hall–Kier alpha value is 2.94. The van der Waals surface area contributed by atoms with Gasteiger partial charge in [0.05, 0.1) is 0 Å². The molecule has 0 aromatic heterocycles. The van der Waals surface area contributed by atoms with E-state index in [0.717, 1.165) is 0 Å². The third-order valence-electron chi connectivity index (χ3n) is 0.372. The minimum absolute atomic E-state index is 0.109. The van der Waals surface area contributed by atoms with Crippen LogP contribution in [-0.4, -0.2) is 3.12 Å². The summed E-state index contributed by atoms with van der Waals surface area (Å²) >= 11 is 15.4. The summed E-state index contributed by atoms with van der Waals surface area (Å²) in [5, 5.41) is 0. The molecule has 1 nitrogen and oxygen atoms in total. The van der Waals surface area contributed by atoms with Crippen LogP contribution >= 0.6 is 73.6 Å². The number of thiol groups is 1. The molecular weight excluding hydrogens is 411 g/mol. The Morgan fingerprint density at radius 1 is 1.45 bits per heavy atom. The highest BCUT2D eigenvalue weighted by Crippen LogP contribution is 2.47. The normalized spacial score (nSPS) is 11.5. The van der Waals surface area contributed by atoms with Crippen LogP contribution in [0.3, 0.4) is 0 Å². The first-order valence-corrected chi connectivity index (χ1v) is 12.7. The molecule has 0 aliphatic rings. The smallest absolute Gasteiger partial charge is 0.266 e. The fourth-order valence-corrected chi connectivity index (χ4v) is 15.1. The number of hydrogen-bond donors (Lipinski definition) is 1. The molecule has 0 saturated carbocycles. The van der Waals surface area contributed by atoms with E-state index in [1.165, 1.54) is 39.3 Å². The molecule has 0 unspecified atom stereocenters. The Morgan fingerprint density at radius 2 is 2.00 bits per heavy atom. The maximum atomic E-state index is 10.8. The van der Waals surface area contributed by atoms with Crippen LogP contribution in [0.15, 0.2) is 0 Å². The van der Waals surface area contributed by atoms with Crippen LogP contribution in [0.25, 0.3) is 0 Å². The minimum atomic E-state index is -1.94. The molecule has 0 fully saturated rings. The summed E-state index contributed by atoms with van der Waals surface area (Å²) in [5.41, 5.74) is 0. The highest BCUT2D eigenvalue weighted by atomic mass is 127. The summed E-state index contributed by atoms with van der Waals surface area (Å²) in [5.74, 6) is 0. The molecular formula is CHIOS8. The van der Waals surface area contributed by atoms with E-state index in [-0.39, 0.29) is 3.12 Å². The molecule has 10 heteroatoms. The Balaban J connectivity index is 3.85. The second-order valence-electron chi connectivity index (χ2n) is 0.970. The van der Waals surface area contributed by atoms with Gasteiger partial charge in [0.1, 0.15) is 0 Å². The van der Waals surface area contributed by atoms with Gasteiger partial charge in [0.15, 0.2) is 0 Å². The van der Waals surface area contributed by atoms with Crippen molar-refractivity contribution in [2.45, 2.75) is 0 Å². The lowest BCUT2D eigenvalue weighted by Crippen LogP contribution is -1.92. The van der Waals surface area contributed by atoms with Crippen LogP contribution in [0, 0.1) is 0 Å². The third-order valence-corrected chi connectivity index (χ3v) is 19.0. The van der Waals surface area contributed by atoms with E-state index >= 15 is 0 Å². The largest absolute Gasteiger partial charge is 0.274 e. The number of rotatable bonds is 4. The third kappa shape index (κ3) is 6.94. The monoisotopic (exact) mass is 412 g/mol. The van der Waals surface area contributed by atoms with Gasteiger partial charge >= 0.3 is 0 Å². The first kappa shape index (κ1) is 13.9. The first-order chi connectivity index (χ1) is 5.00. The first-order valence-electron chi connectivity index (χ1n) is 1.78. The van der Waals surface area contributed by atoms with Gasteiger partial charge in [0.2, 0.25) is 0 Å². The fraction of sp³-hybridized carbons (Fsp3) is 0. The van der Waals surface area contributed by atoms with Crippen molar-refractivity contribution in [1.29, 1.82) is 0 Å². The molecule has 0 spiro atoms. The van der Waals surface area contributed by atoms with E-state index in [1.807, 2.05) is 0 Å². The Bertz CT molecular complexity index is 216. The molecule has 0 aliphatic carbocycles. The molecule has 0 saturated heterocycles. The lowest BCUT2D eigenvalue weighted by Gasteiger charge is -1.99. The van der Waals surface area contributed by atoms with E-state index in [1.54, 1.807) is 22.6 Å². The van der Waals surface area contributed by atoms with E-state index < -0.39 is 6.18 Å². The predicted molar refractivity (Wildman–Crippen MR) is 80.9 cm³/mol. The van der Waals surface area contributed by atoms with Crippen LogP contribution in [0.2, 0.25) is 0 Å². The number of halogens is 1. The average molecular weight is 412 g/mol. The van der Waals surface area contributed by atoms with E-state index in [2.05, 4.69) is 11.7 Å². The zero-order valence-corrected chi connectivity index (χ0v) is 13.4. The van der Waals surface area contributed by atoms with Crippen LogP contribution in [0.5, 0.6) is 0 Å². The van der Waals surface area contributed by atoms with Gasteiger partial charge in [0.25, 0.3) is 3.12 Å². The summed E-state index contributed by atoms with van der Waals surface area (Å²) < 4.78 is -0.109. The topological polar surface area (TPSA) is 17.1 Å². The van der Waals surface area contributed by atoms with Gasteiger partial charge in [-0.15, -0.1) is 0 Å². The van der Waals surface area contributed by atoms with Crippen molar-refractivity contribution in [3.8, 4) is 0 Å². The molecule has 11 heavy (non-hydrogen) atoms. The van der Waals surface area contributed by atoms with Crippen LogP contribution < -0.4 is 0 Å². The SMILES string of the molecule is O=C(I)S(=S)(=S)SSSSS. The van der Waals surface area contributed by atoms with Crippen molar-refractivity contribution in [3.05, 3.63) is 0 Å². The number of carbonyl (C=O) groups excluding carboxylic acids is 1. The van der Waals surface area contributed by atoms with E-state index in [4.69, 9.17) is 22.4 Å². The van der Waals surface area contributed by atoms with Crippen LogP contribution in [0.1, 0.15) is 0 Å². The molecule has 0 aromatic carbocycles. The van der Waals surface area contributed by atoms with Crippen molar-refractivity contribution < 1.29 is 4.79 Å². The Morgan fingerprint density at radius 3 is 2.36 bits per heavy atom. The highest BCUT2D eigenvalue weighted by molar-refractivity contribution is 14.1. The fourth-order valence-electron chi connectivity index (χ4n) is 0.0871. The maximum absolute atomic E-state index is 10.8. The van der Waals surface area contributed by atoms with Crippen molar-refractivity contribution in [1.82, 2.24) is 0 Å². The van der Waals surface area contributed by atoms with Crippen molar-refractivity contribution in [2.75, 3.05) is 0 Å². The molecule has 0 heterocycles. The Kier molecular flexibility index (Phi) is 9.20. The molecule has 0 aromatic rings. The zero-order valence-electron chi connectivity index (χ0n) is 4.59. The summed E-state index contributed by atoms with van der Waals surface area (Å²) in [6.07, 6.45) is -1.94. The van der Waals surface area contributed by atoms with Crippen molar-refractivity contribution in [3.63, 3.8) is 0 Å².